The zero-order valence-corrected chi connectivity index (χ0v) is 9.52. The zero-order valence-electron chi connectivity index (χ0n) is 8.71. The molecule has 0 unspecified atom stereocenters. The Kier molecular flexibility index (Phi) is 2.55. The fourth-order valence-corrected chi connectivity index (χ4v) is 1.81. The maximum atomic E-state index is 11.0. The predicted molar refractivity (Wildman–Crippen MR) is 59.6 cm³/mol. The number of fused-ring (bicyclic) bond motifs is 1. The van der Waals surface area contributed by atoms with E-state index in [1.807, 2.05) is 0 Å². The first-order valence-electron chi connectivity index (χ1n) is 4.51. The first-order valence-corrected chi connectivity index (χ1v) is 6.33. The van der Waals surface area contributed by atoms with E-state index in [1.165, 1.54) is 18.2 Å². The lowest BCUT2D eigenvalue weighted by Gasteiger charge is -2.04. The highest BCUT2D eigenvalue weighted by Gasteiger charge is 2.09. The Morgan fingerprint density at radius 1 is 1.29 bits per heavy atom. The molecule has 1 N–H and O–H groups in total. The Bertz CT molecular complexity index is 728. The van der Waals surface area contributed by atoms with Gasteiger partial charge in [0.2, 0.25) is 0 Å². The summed E-state index contributed by atoms with van der Waals surface area (Å²) in [7, 11) is -3.65. The van der Waals surface area contributed by atoms with E-state index in [1.54, 1.807) is 0 Å². The average molecular weight is 256 g/mol. The molecule has 0 radical (unpaired) electrons. The van der Waals surface area contributed by atoms with E-state index in [-0.39, 0.29) is 17.1 Å². The Balaban J connectivity index is 2.62. The molecule has 2 rings (SSSR count). The first-order chi connectivity index (χ1) is 7.85. The zero-order chi connectivity index (χ0) is 12.6. The molecule has 0 amide bonds. The van der Waals surface area contributed by atoms with Crippen LogP contribution < -0.4 is 9.81 Å². The Labute approximate surface area is 96.2 Å². The van der Waals surface area contributed by atoms with Gasteiger partial charge < -0.3 is 13.7 Å². The van der Waals surface area contributed by atoms with Gasteiger partial charge in [-0.1, -0.05) is 0 Å². The fraction of sp³-hybridized carbons (Fsp3) is 0.100. The minimum absolute atomic E-state index is 0.00810. The van der Waals surface area contributed by atoms with Crippen molar-refractivity contribution in [2.24, 2.45) is 0 Å². The van der Waals surface area contributed by atoms with Crippen LogP contribution in [0.25, 0.3) is 11.0 Å². The molecule has 0 fully saturated rings. The smallest absolute Gasteiger partial charge is 0.339 e. The quantitative estimate of drug-likeness (QED) is 0.632. The van der Waals surface area contributed by atoms with Crippen molar-refractivity contribution in [2.75, 3.05) is 6.26 Å². The van der Waals surface area contributed by atoms with Crippen molar-refractivity contribution in [3.63, 3.8) is 0 Å². The molecule has 17 heavy (non-hydrogen) atoms. The van der Waals surface area contributed by atoms with Gasteiger partial charge in [-0.15, -0.1) is 0 Å². The summed E-state index contributed by atoms with van der Waals surface area (Å²) in [6.45, 7) is 0. The van der Waals surface area contributed by atoms with Gasteiger partial charge >= 0.3 is 15.7 Å². The minimum atomic E-state index is -3.65. The summed E-state index contributed by atoms with van der Waals surface area (Å²) >= 11 is 0. The van der Waals surface area contributed by atoms with Gasteiger partial charge in [0, 0.05) is 6.07 Å². The highest BCUT2D eigenvalue weighted by Crippen LogP contribution is 2.26. The van der Waals surface area contributed by atoms with Crippen molar-refractivity contribution >= 4 is 21.1 Å². The van der Waals surface area contributed by atoms with Gasteiger partial charge in [0.1, 0.15) is 17.1 Å². The highest BCUT2D eigenvalue weighted by atomic mass is 32.2. The maximum absolute atomic E-state index is 11.0. The monoisotopic (exact) mass is 256 g/mol. The van der Waals surface area contributed by atoms with Crippen LogP contribution in [-0.4, -0.2) is 19.8 Å². The number of aromatic hydroxyl groups is 1. The van der Waals surface area contributed by atoms with Gasteiger partial charge in [-0.3, -0.25) is 0 Å². The molecule has 0 aliphatic heterocycles. The van der Waals surface area contributed by atoms with Crippen LogP contribution in [0.1, 0.15) is 0 Å². The molecule has 0 atom stereocenters. The number of benzene rings is 1. The fourth-order valence-electron chi connectivity index (χ4n) is 1.35. The summed E-state index contributed by atoms with van der Waals surface area (Å²) in [5.74, 6) is -0.226. The van der Waals surface area contributed by atoms with Gasteiger partial charge in [0.05, 0.1) is 17.7 Å². The van der Waals surface area contributed by atoms with E-state index in [0.717, 1.165) is 12.3 Å². The van der Waals surface area contributed by atoms with Crippen molar-refractivity contribution in [3.05, 3.63) is 34.7 Å². The summed E-state index contributed by atoms with van der Waals surface area (Å²) in [4.78, 5) is 11.0. The third-order valence-corrected chi connectivity index (χ3v) is 2.44. The van der Waals surface area contributed by atoms with Crippen molar-refractivity contribution in [1.29, 1.82) is 0 Å². The molecule has 0 aliphatic rings. The lowest BCUT2D eigenvalue weighted by Crippen LogP contribution is -2.05. The van der Waals surface area contributed by atoms with Crippen molar-refractivity contribution in [3.8, 4) is 11.5 Å². The summed E-state index contributed by atoms with van der Waals surface area (Å²) in [5, 5.41) is 9.75. The lowest BCUT2D eigenvalue weighted by atomic mass is 10.2. The van der Waals surface area contributed by atoms with Crippen molar-refractivity contribution < 1.29 is 22.1 Å². The molecule has 90 valence electrons. The largest absolute Gasteiger partial charge is 0.507 e. The van der Waals surface area contributed by atoms with Crippen LogP contribution in [0.3, 0.4) is 0 Å². The molecule has 0 spiro atoms. The van der Waals surface area contributed by atoms with Crippen LogP contribution in [0.4, 0.5) is 0 Å². The highest BCUT2D eigenvalue weighted by molar-refractivity contribution is 7.86. The van der Waals surface area contributed by atoms with Gasteiger partial charge in [-0.25, -0.2) is 4.79 Å². The predicted octanol–water partition coefficient (Wildman–Crippen LogP) is 0.837. The molecule has 1 aromatic heterocycles. The summed E-state index contributed by atoms with van der Waals surface area (Å²) in [5.41, 5.74) is -0.678. The minimum Gasteiger partial charge on any atom is -0.507 e. The van der Waals surface area contributed by atoms with Gasteiger partial charge in [-0.2, -0.15) is 8.42 Å². The van der Waals surface area contributed by atoms with Crippen LogP contribution in [0.15, 0.2) is 33.5 Å². The SMILES string of the molecule is CS(=O)(=O)Oc1ccc2c(O)cc(=O)oc2c1. The third-order valence-electron chi connectivity index (χ3n) is 1.94. The molecular formula is C10H8O6S. The molecule has 7 heteroatoms. The van der Waals surface area contributed by atoms with E-state index >= 15 is 0 Å². The summed E-state index contributed by atoms with van der Waals surface area (Å²) in [6, 6.07) is 4.90. The van der Waals surface area contributed by atoms with E-state index < -0.39 is 15.7 Å². The Hall–Kier alpha value is -2.02. The third kappa shape index (κ3) is 2.56. The molecule has 6 nitrogen and oxygen atoms in total. The second kappa shape index (κ2) is 3.77. The van der Waals surface area contributed by atoms with Crippen LogP contribution in [0, 0.1) is 0 Å². The first kappa shape index (κ1) is 11.5. The van der Waals surface area contributed by atoms with E-state index in [4.69, 9.17) is 4.42 Å². The molecule has 0 saturated heterocycles. The maximum Gasteiger partial charge on any atom is 0.339 e. The molecule has 0 bridgehead atoms. The van der Waals surface area contributed by atoms with Gasteiger partial charge in [0.25, 0.3) is 0 Å². The Morgan fingerprint density at radius 3 is 2.65 bits per heavy atom. The van der Waals surface area contributed by atoms with Crippen LogP contribution in [0.5, 0.6) is 11.5 Å². The number of hydrogen-bond donors (Lipinski definition) is 1. The van der Waals surface area contributed by atoms with Crippen LogP contribution in [0.2, 0.25) is 0 Å². The van der Waals surface area contributed by atoms with Crippen molar-refractivity contribution in [2.45, 2.75) is 0 Å². The topological polar surface area (TPSA) is 93.8 Å². The average Bonchev–Trinajstić information content (AvgIpc) is 2.13. The number of rotatable bonds is 2. The normalized spacial score (nSPS) is 11.6. The second-order valence-electron chi connectivity index (χ2n) is 3.40. The standard InChI is InChI=1S/C10H8O6S/c1-17(13,14)16-6-2-3-7-8(11)5-10(12)15-9(7)4-6/h2-5,11H,1H3. The van der Waals surface area contributed by atoms with E-state index in [2.05, 4.69) is 4.18 Å². The summed E-state index contributed by atoms with van der Waals surface area (Å²) in [6.07, 6.45) is 0.899. The molecule has 1 aromatic carbocycles. The van der Waals surface area contributed by atoms with Crippen LogP contribution in [-0.2, 0) is 10.1 Å². The lowest BCUT2D eigenvalue weighted by molar-refractivity contribution is 0.467. The Morgan fingerprint density at radius 2 is 2.00 bits per heavy atom. The van der Waals surface area contributed by atoms with E-state index in [9.17, 15) is 18.3 Å². The van der Waals surface area contributed by atoms with Gasteiger partial charge in [0.15, 0.2) is 0 Å². The van der Waals surface area contributed by atoms with Crippen LogP contribution >= 0.6 is 0 Å². The van der Waals surface area contributed by atoms with Gasteiger partial charge in [-0.05, 0) is 12.1 Å². The second-order valence-corrected chi connectivity index (χ2v) is 4.97. The van der Waals surface area contributed by atoms with Crippen molar-refractivity contribution in [1.82, 2.24) is 0 Å². The van der Waals surface area contributed by atoms with E-state index in [0.29, 0.717) is 5.39 Å². The molecule has 1 heterocycles. The number of hydrogen-bond acceptors (Lipinski definition) is 6. The molecule has 0 saturated carbocycles. The molecule has 2 aromatic rings. The summed E-state index contributed by atoms with van der Waals surface area (Å²) < 4.78 is 31.2. The molecular weight excluding hydrogens is 248 g/mol. The molecule has 0 aliphatic carbocycles.